The van der Waals surface area contributed by atoms with Crippen molar-refractivity contribution in [3.8, 4) is 11.8 Å². The molecule has 0 aliphatic rings. The fourth-order valence-corrected chi connectivity index (χ4v) is 3.32. The largest absolute Gasteiger partial charge is 0.497 e. The molecule has 1 amide bonds. The first-order chi connectivity index (χ1) is 12.8. The smallest absolute Gasteiger partial charge is 0.240 e. The molecule has 0 aromatic heterocycles. The molecule has 142 valence electrons. The quantitative estimate of drug-likeness (QED) is 0.743. The van der Waals surface area contributed by atoms with Crippen molar-refractivity contribution in [2.24, 2.45) is 0 Å². The number of benzene rings is 2. The normalized spacial score (nSPS) is 10.7. The van der Waals surface area contributed by atoms with Crippen LogP contribution in [0.2, 0.25) is 0 Å². The molecule has 1 N–H and O–H groups in total. The summed E-state index contributed by atoms with van der Waals surface area (Å²) >= 11 is 0. The van der Waals surface area contributed by atoms with E-state index in [1.807, 2.05) is 30.3 Å². The highest BCUT2D eigenvalue weighted by Crippen LogP contribution is 2.18. The SMILES string of the molecule is COc1cccc(CCNC(=O)CN(c2ccc(C#N)cc2)S(C)(=O)=O)c1. The molecule has 2 aromatic carbocycles. The van der Waals surface area contributed by atoms with Crippen LogP contribution in [-0.4, -0.2) is 40.8 Å². The summed E-state index contributed by atoms with van der Waals surface area (Å²) in [5.41, 5.74) is 1.75. The van der Waals surface area contributed by atoms with Crippen LogP contribution in [0, 0.1) is 11.3 Å². The molecule has 0 aliphatic carbocycles. The Balaban J connectivity index is 1.98. The van der Waals surface area contributed by atoms with E-state index in [-0.39, 0.29) is 6.54 Å². The monoisotopic (exact) mass is 387 g/mol. The third-order valence-corrected chi connectivity index (χ3v) is 4.98. The topological polar surface area (TPSA) is 99.5 Å². The number of carbonyl (C=O) groups is 1. The number of anilines is 1. The molecule has 0 aliphatic heterocycles. The molecule has 2 rings (SSSR count). The molecule has 0 heterocycles. The zero-order valence-corrected chi connectivity index (χ0v) is 16.0. The van der Waals surface area contributed by atoms with Crippen molar-refractivity contribution in [3.63, 3.8) is 0 Å². The summed E-state index contributed by atoms with van der Waals surface area (Å²) in [6.45, 7) is 0.0415. The molecule has 27 heavy (non-hydrogen) atoms. The van der Waals surface area contributed by atoms with Gasteiger partial charge in [-0.2, -0.15) is 5.26 Å². The summed E-state index contributed by atoms with van der Waals surface area (Å²) < 4.78 is 30.3. The first-order valence-electron chi connectivity index (χ1n) is 8.21. The van der Waals surface area contributed by atoms with Crippen LogP contribution in [0.3, 0.4) is 0 Å². The van der Waals surface area contributed by atoms with E-state index < -0.39 is 15.9 Å². The van der Waals surface area contributed by atoms with Gasteiger partial charge in [-0.25, -0.2) is 8.42 Å². The Kier molecular flexibility index (Phi) is 6.79. The predicted octanol–water partition coefficient (Wildman–Crippen LogP) is 1.69. The number of ether oxygens (including phenoxy) is 1. The van der Waals surface area contributed by atoms with Crippen LogP contribution in [0.4, 0.5) is 5.69 Å². The van der Waals surface area contributed by atoms with E-state index in [1.165, 1.54) is 24.3 Å². The van der Waals surface area contributed by atoms with Crippen LogP contribution >= 0.6 is 0 Å². The van der Waals surface area contributed by atoms with E-state index in [0.29, 0.717) is 24.2 Å². The van der Waals surface area contributed by atoms with Crippen molar-refractivity contribution in [2.75, 3.05) is 30.8 Å². The molecular weight excluding hydrogens is 366 g/mol. The lowest BCUT2D eigenvalue weighted by molar-refractivity contribution is -0.119. The number of methoxy groups -OCH3 is 1. The Labute approximate surface area is 159 Å². The molecular formula is C19H21N3O4S. The van der Waals surface area contributed by atoms with Gasteiger partial charge in [0.15, 0.2) is 0 Å². The zero-order chi connectivity index (χ0) is 19.9. The van der Waals surface area contributed by atoms with Gasteiger partial charge in [-0.15, -0.1) is 0 Å². The summed E-state index contributed by atoms with van der Waals surface area (Å²) in [6, 6.07) is 15.5. The lowest BCUT2D eigenvalue weighted by Crippen LogP contribution is -2.40. The Morgan fingerprint density at radius 3 is 2.52 bits per heavy atom. The highest BCUT2D eigenvalue weighted by molar-refractivity contribution is 7.92. The number of nitriles is 1. The molecule has 0 spiro atoms. The average molecular weight is 387 g/mol. The minimum Gasteiger partial charge on any atom is -0.497 e. The number of sulfonamides is 1. The molecule has 0 bridgehead atoms. The maximum atomic E-state index is 12.2. The Hall–Kier alpha value is -3.05. The van der Waals surface area contributed by atoms with Gasteiger partial charge in [0.1, 0.15) is 12.3 Å². The van der Waals surface area contributed by atoms with Gasteiger partial charge in [-0.3, -0.25) is 9.10 Å². The Bertz CT molecular complexity index is 934. The van der Waals surface area contributed by atoms with Gasteiger partial charge in [-0.05, 0) is 48.4 Å². The molecule has 0 radical (unpaired) electrons. The second kappa shape index (κ2) is 9.05. The molecule has 2 aromatic rings. The maximum Gasteiger partial charge on any atom is 0.240 e. The van der Waals surface area contributed by atoms with Crippen LogP contribution in [0.15, 0.2) is 48.5 Å². The maximum absolute atomic E-state index is 12.2. The van der Waals surface area contributed by atoms with Crippen molar-refractivity contribution in [3.05, 3.63) is 59.7 Å². The summed E-state index contributed by atoms with van der Waals surface area (Å²) in [5.74, 6) is 0.329. The van der Waals surface area contributed by atoms with Crippen molar-refractivity contribution in [1.29, 1.82) is 5.26 Å². The number of amides is 1. The van der Waals surface area contributed by atoms with E-state index in [9.17, 15) is 13.2 Å². The molecule has 0 fully saturated rings. The number of rotatable bonds is 8. The van der Waals surface area contributed by atoms with Crippen molar-refractivity contribution in [2.45, 2.75) is 6.42 Å². The van der Waals surface area contributed by atoms with Crippen molar-refractivity contribution >= 4 is 21.6 Å². The number of nitrogens with zero attached hydrogens (tertiary/aromatic N) is 2. The van der Waals surface area contributed by atoms with Crippen LogP contribution in [-0.2, 0) is 21.2 Å². The van der Waals surface area contributed by atoms with Gasteiger partial charge >= 0.3 is 0 Å². The molecule has 7 nitrogen and oxygen atoms in total. The van der Waals surface area contributed by atoms with E-state index in [1.54, 1.807) is 7.11 Å². The van der Waals surface area contributed by atoms with Crippen LogP contribution < -0.4 is 14.4 Å². The Morgan fingerprint density at radius 2 is 1.93 bits per heavy atom. The highest BCUT2D eigenvalue weighted by Gasteiger charge is 2.20. The minimum absolute atomic E-state index is 0.331. The van der Waals surface area contributed by atoms with Crippen LogP contribution in [0.5, 0.6) is 5.75 Å². The van der Waals surface area contributed by atoms with Crippen LogP contribution in [0.25, 0.3) is 0 Å². The third-order valence-electron chi connectivity index (χ3n) is 3.84. The standard InChI is InChI=1S/C19H21N3O4S/c1-26-18-5-3-4-15(12-18)10-11-21-19(23)14-22(27(2,24)25)17-8-6-16(13-20)7-9-17/h3-9,12H,10-11,14H2,1-2H3,(H,21,23). The molecule has 0 atom stereocenters. The first kappa shape index (κ1) is 20.3. The first-order valence-corrected chi connectivity index (χ1v) is 10.1. The van der Waals surface area contributed by atoms with Crippen molar-refractivity contribution < 1.29 is 17.9 Å². The molecule has 8 heteroatoms. The fourth-order valence-electron chi connectivity index (χ4n) is 2.46. The van der Waals surface area contributed by atoms with Crippen molar-refractivity contribution in [1.82, 2.24) is 5.32 Å². The van der Waals surface area contributed by atoms with Gasteiger partial charge in [0.25, 0.3) is 0 Å². The Morgan fingerprint density at radius 1 is 1.22 bits per heavy atom. The van der Waals surface area contributed by atoms with E-state index in [0.717, 1.165) is 21.9 Å². The summed E-state index contributed by atoms with van der Waals surface area (Å²) in [5, 5.41) is 11.6. The minimum atomic E-state index is -3.65. The van der Waals surface area contributed by atoms with Gasteiger partial charge in [-0.1, -0.05) is 12.1 Å². The summed E-state index contributed by atoms with van der Waals surface area (Å²) in [7, 11) is -2.06. The van der Waals surface area contributed by atoms with E-state index in [4.69, 9.17) is 10.00 Å². The van der Waals surface area contributed by atoms with E-state index >= 15 is 0 Å². The lowest BCUT2D eigenvalue weighted by Gasteiger charge is -2.22. The average Bonchev–Trinajstić information content (AvgIpc) is 2.65. The van der Waals surface area contributed by atoms with Gasteiger partial charge in [0.05, 0.1) is 30.7 Å². The third kappa shape index (κ3) is 6.01. The second-order valence-corrected chi connectivity index (χ2v) is 7.79. The molecule has 0 saturated heterocycles. The molecule has 0 unspecified atom stereocenters. The number of carbonyl (C=O) groups excluding carboxylic acids is 1. The predicted molar refractivity (Wildman–Crippen MR) is 103 cm³/mol. The van der Waals surface area contributed by atoms with E-state index in [2.05, 4.69) is 5.32 Å². The zero-order valence-electron chi connectivity index (χ0n) is 15.2. The van der Waals surface area contributed by atoms with Crippen LogP contribution in [0.1, 0.15) is 11.1 Å². The number of nitrogens with one attached hydrogen (secondary N) is 1. The van der Waals surface area contributed by atoms with Gasteiger partial charge < -0.3 is 10.1 Å². The summed E-state index contributed by atoms with van der Waals surface area (Å²) in [4.78, 5) is 12.2. The van der Waals surface area contributed by atoms with Gasteiger partial charge in [0, 0.05) is 6.54 Å². The lowest BCUT2D eigenvalue weighted by atomic mass is 10.1. The fraction of sp³-hybridized carbons (Fsp3) is 0.263. The highest BCUT2D eigenvalue weighted by atomic mass is 32.2. The molecule has 0 saturated carbocycles. The second-order valence-electron chi connectivity index (χ2n) is 5.88. The van der Waals surface area contributed by atoms with Gasteiger partial charge in [0.2, 0.25) is 15.9 Å². The summed E-state index contributed by atoms with van der Waals surface area (Å²) in [6.07, 6.45) is 1.63. The number of hydrogen-bond donors (Lipinski definition) is 1. The number of hydrogen-bond acceptors (Lipinski definition) is 5.